The molecule has 0 saturated carbocycles. The van der Waals surface area contributed by atoms with Crippen molar-refractivity contribution in [3.63, 3.8) is 0 Å². The van der Waals surface area contributed by atoms with Crippen LogP contribution >= 0.6 is 46.7 Å². The zero-order valence-corrected chi connectivity index (χ0v) is 22.0. The number of piperidine rings is 1. The van der Waals surface area contributed by atoms with E-state index in [9.17, 15) is 0 Å². The Balaban J connectivity index is 0.00000300. The van der Waals surface area contributed by atoms with Crippen LogP contribution in [0.5, 0.6) is 0 Å². The Hall–Kier alpha value is -0.710. The Morgan fingerprint density at radius 2 is 2.10 bits per heavy atom. The van der Waals surface area contributed by atoms with E-state index < -0.39 is 0 Å². The van der Waals surface area contributed by atoms with Gasteiger partial charge in [0.15, 0.2) is 5.96 Å². The van der Waals surface area contributed by atoms with Crippen molar-refractivity contribution in [3.05, 3.63) is 38.5 Å². The van der Waals surface area contributed by atoms with Crippen molar-refractivity contribution in [3.8, 4) is 0 Å². The molecular weight excluding hydrogens is 513 g/mol. The van der Waals surface area contributed by atoms with Crippen molar-refractivity contribution < 1.29 is 0 Å². The molecular formula is C21H34IN5S2. The number of thiazole rings is 1. The fraction of sp³-hybridized carbons (Fsp3) is 0.619. The smallest absolute Gasteiger partial charge is 0.191 e. The van der Waals surface area contributed by atoms with Gasteiger partial charge in [-0.05, 0) is 43.8 Å². The van der Waals surface area contributed by atoms with Crippen LogP contribution in [0.15, 0.2) is 27.9 Å². The third-order valence-electron chi connectivity index (χ3n) is 5.32. The molecule has 1 saturated heterocycles. The van der Waals surface area contributed by atoms with Gasteiger partial charge in [0, 0.05) is 35.3 Å². The van der Waals surface area contributed by atoms with Crippen LogP contribution in [0, 0.1) is 5.92 Å². The fourth-order valence-corrected chi connectivity index (χ4v) is 5.67. The molecule has 1 fully saturated rings. The van der Waals surface area contributed by atoms with Gasteiger partial charge in [-0.2, -0.15) is 0 Å². The summed E-state index contributed by atoms with van der Waals surface area (Å²) in [6.45, 7) is 9.41. The zero-order chi connectivity index (χ0) is 20.1. The maximum absolute atomic E-state index is 4.76. The maximum Gasteiger partial charge on any atom is 0.191 e. The van der Waals surface area contributed by atoms with E-state index in [4.69, 9.17) is 4.98 Å². The average Bonchev–Trinajstić information content (AvgIpc) is 3.33. The van der Waals surface area contributed by atoms with E-state index in [-0.39, 0.29) is 29.4 Å². The second-order valence-corrected chi connectivity index (χ2v) is 10.4. The van der Waals surface area contributed by atoms with E-state index in [1.165, 1.54) is 24.3 Å². The highest BCUT2D eigenvalue weighted by molar-refractivity contribution is 14.0. The Kier molecular flexibility index (Phi) is 9.37. The molecule has 3 heterocycles. The van der Waals surface area contributed by atoms with Crippen molar-refractivity contribution >= 4 is 52.6 Å². The summed E-state index contributed by atoms with van der Waals surface area (Å²) in [4.78, 5) is 13.1. The SMILES string of the molecule is CN=C(NCc1nc(C(C)(C)C)cs1)NCC1CCCN(C)C1c1cccs1.I. The number of hydrogen-bond acceptors (Lipinski definition) is 5. The van der Waals surface area contributed by atoms with Crippen LogP contribution in [0.4, 0.5) is 0 Å². The van der Waals surface area contributed by atoms with Gasteiger partial charge in [0.2, 0.25) is 0 Å². The third kappa shape index (κ3) is 6.63. The predicted octanol–water partition coefficient (Wildman–Crippen LogP) is 4.87. The highest BCUT2D eigenvalue weighted by atomic mass is 127. The number of thiophene rings is 1. The lowest BCUT2D eigenvalue weighted by molar-refractivity contribution is 0.125. The molecule has 0 radical (unpaired) electrons. The lowest BCUT2D eigenvalue weighted by atomic mass is 9.88. The first-order valence-corrected chi connectivity index (χ1v) is 11.8. The van der Waals surface area contributed by atoms with Gasteiger partial charge >= 0.3 is 0 Å². The number of nitrogens with one attached hydrogen (secondary N) is 2. The van der Waals surface area contributed by atoms with Crippen molar-refractivity contribution in [2.45, 2.75) is 51.6 Å². The van der Waals surface area contributed by atoms with E-state index in [0.717, 1.165) is 23.2 Å². The van der Waals surface area contributed by atoms with Crippen molar-refractivity contribution in [2.75, 3.05) is 27.2 Å². The molecule has 2 N–H and O–H groups in total. The molecule has 2 aromatic heterocycles. The van der Waals surface area contributed by atoms with Crippen LogP contribution in [0.3, 0.4) is 0 Å². The minimum absolute atomic E-state index is 0. The van der Waals surface area contributed by atoms with E-state index in [2.05, 4.69) is 71.2 Å². The van der Waals surface area contributed by atoms with Crippen molar-refractivity contribution in [2.24, 2.45) is 10.9 Å². The summed E-state index contributed by atoms with van der Waals surface area (Å²) < 4.78 is 0. The first-order valence-electron chi connectivity index (χ1n) is 10.0. The average molecular weight is 548 g/mol. The third-order valence-corrected chi connectivity index (χ3v) is 7.12. The molecule has 0 aliphatic carbocycles. The fourth-order valence-electron chi connectivity index (χ4n) is 3.73. The van der Waals surface area contributed by atoms with Gasteiger partial charge in [-0.1, -0.05) is 26.8 Å². The van der Waals surface area contributed by atoms with Crippen LogP contribution in [-0.2, 0) is 12.0 Å². The molecule has 8 heteroatoms. The van der Waals surface area contributed by atoms with Crippen LogP contribution < -0.4 is 10.6 Å². The summed E-state index contributed by atoms with van der Waals surface area (Å²) in [5, 5.41) is 12.4. The summed E-state index contributed by atoms with van der Waals surface area (Å²) in [6.07, 6.45) is 2.50. The maximum atomic E-state index is 4.76. The topological polar surface area (TPSA) is 52.6 Å². The molecule has 29 heavy (non-hydrogen) atoms. The molecule has 2 aromatic rings. The van der Waals surface area contributed by atoms with Crippen LogP contribution in [0.2, 0.25) is 0 Å². The second kappa shape index (κ2) is 11.1. The largest absolute Gasteiger partial charge is 0.356 e. The monoisotopic (exact) mass is 547 g/mol. The Morgan fingerprint density at radius 3 is 2.72 bits per heavy atom. The highest BCUT2D eigenvalue weighted by Gasteiger charge is 2.31. The molecule has 0 spiro atoms. The first-order chi connectivity index (χ1) is 13.4. The first kappa shape index (κ1) is 24.6. The molecule has 1 aliphatic heterocycles. The highest BCUT2D eigenvalue weighted by Crippen LogP contribution is 2.36. The summed E-state index contributed by atoms with van der Waals surface area (Å²) in [7, 11) is 4.08. The number of rotatable bonds is 5. The molecule has 2 unspecified atom stereocenters. The standard InChI is InChI=1S/C21H33N5S2.HI/c1-21(2,3)17-14-28-18(25-17)13-24-20(22-4)23-12-15-8-6-10-26(5)19(15)16-9-7-11-27-16;/h7,9,11,14-15,19H,6,8,10,12-13H2,1-5H3,(H2,22,23,24);1H. The Morgan fingerprint density at radius 1 is 1.31 bits per heavy atom. The number of aliphatic imine (C=N–C) groups is 1. The molecule has 2 atom stereocenters. The Bertz CT molecular complexity index is 766. The van der Waals surface area contributed by atoms with E-state index >= 15 is 0 Å². The number of aromatic nitrogens is 1. The van der Waals surface area contributed by atoms with Crippen molar-refractivity contribution in [1.82, 2.24) is 20.5 Å². The van der Waals surface area contributed by atoms with Gasteiger partial charge in [-0.3, -0.25) is 9.89 Å². The quantitative estimate of drug-likeness (QED) is 0.319. The molecule has 1 aliphatic rings. The van der Waals surface area contributed by atoms with Gasteiger partial charge in [-0.15, -0.1) is 46.7 Å². The summed E-state index contributed by atoms with van der Waals surface area (Å²) in [6, 6.07) is 4.92. The van der Waals surface area contributed by atoms with E-state index in [0.29, 0.717) is 18.5 Å². The lowest BCUT2D eigenvalue weighted by Gasteiger charge is -2.39. The van der Waals surface area contributed by atoms with Gasteiger partial charge in [0.25, 0.3) is 0 Å². The van der Waals surface area contributed by atoms with Crippen molar-refractivity contribution in [1.29, 1.82) is 0 Å². The van der Waals surface area contributed by atoms with Gasteiger partial charge < -0.3 is 10.6 Å². The number of likely N-dealkylation sites (tertiary alicyclic amines) is 1. The summed E-state index contributed by atoms with van der Waals surface area (Å²) in [5.41, 5.74) is 1.25. The van der Waals surface area contributed by atoms with Gasteiger partial charge in [-0.25, -0.2) is 4.98 Å². The van der Waals surface area contributed by atoms with Crippen LogP contribution in [0.1, 0.15) is 55.2 Å². The number of guanidine groups is 1. The molecule has 0 bridgehead atoms. The molecule has 5 nitrogen and oxygen atoms in total. The van der Waals surface area contributed by atoms with Gasteiger partial charge in [0.05, 0.1) is 12.2 Å². The van der Waals surface area contributed by atoms with Crippen LogP contribution in [0.25, 0.3) is 0 Å². The van der Waals surface area contributed by atoms with Crippen LogP contribution in [-0.4, -0.2) is 43.0 Å². The molecule has 0 amide bonds. The number of nitrogens with zero attached hydrogens (tertiary/aromatic N) is 3. The number of halogens is 1. The number of hydrogen-bond donors (Lipinski definition) is 2. The lowest BCUT2D eigenvalue weighted by Crippen LogP contribution is -2.44. The van der Waals surface area contributed by atoms with Gasteiger partial charge in [0.1, 0.15) is 5.01 Å². The Labute approximate surface area is 200 Å². The molecule has 0 aromatic carbocycles. The zero-order valence-electron chi connectivity index (χ0n) is 18.1. The molecule has 162 valence electrons. The van der Waals surface area contributed by atoms with E-state index in [1.807, 2.05) is 18.4 Å². The minimum Gasteiger partial charge on any atom is -0.356 e. The normalized spacial score (nSPS) is 20.9. The summed E-state index contributed by atoms with van der Waals surface area (Å²) in [5.74, 6) is 1.44. The predicted molar refractivity (Wildman–Crippen MR) is 137 cm³/mol. The molecule has 3 rings (SSSR count). The minimum atomic E-state index is 0. The second-order valence-electron chi connectivity index (χ2n) is 8.53. The summed E-state index contributed by atoms with van der Waals surface area (Å²) >= 11 is 3.58. The van der Waals surface area contributed by atoms with E-state index in [1.54, 1.807) is 11.3 Å².